The lowest BCUT2D eigenvalue weighted by atomic mass is 10.1. The number of ether oxygens (including phenoxy) is 1. The Morgan fingerprint density at radius 3 is 2.74 bits per heavy atom. The molecule has 0 aromatic heterocycles. The quantitative estimate of drug-likeness (QED) is 0.775. The van der Waals surface area contributed by atoms with Gasteiger partial charge in [0.25, 0.3) is 0 Å². The standard InChI is InChI=1S/C15H15N3O/c1-19-15-5-3-2-4-13(15)11-18-7-6-12(10-18)14(8-16)9-17/h2-5H,6-7,10-11H2,1H3. The fourth-order valence-corrected chi connectivity index (χ4v) is 2.32. The molecule has 0 bridgehead atoms. The number of para-hydroxylation sites is 1. The molecule has 1 heterocycles. The number of benzene rings is 1. The molecule has 1 aliphatic rings. The van der Waals surface area contributed by atoms with Gasteiger partial charge in [0.2, 0.25) is 0 Å². The Kier molecular flexibility index (Phi) is 4.18. The van der Waals surface area contributed by atoms with Gasteiger partial charge in [0.1, 0.15) is 23.5 Å². The molecule has 1 fully saturated rings. The van der Waals surface area contributed by atoms with E-state index in [1.807, 2.05) is 36.4 Å². The molecular formula is C15H15N3O. The van der Waals surface area contributed by atoms with E-state index in [2.05, 4.69) is 4.90 Å². The summed E-state index contributed by atoms with van der Waals surface area (Å²) in [5, 5.41) is 17.8. The zero-order valence-electron chi connectivity index (χ0n) is 10.9. The number of allylic oxidation sites excluding steroid dienone is 1. The van der Waals surface area contributed by atoms with Crippen molar-refractivity contribution in [3.05, 3.63) is 41.0 Å². The maximum atomic E-state index is 8.88. The summed E-state index contributed by atoms with van der Waals surface area (Å²) in [5.74, 6) is 0.876. The minimum absolute atomic E-state index is 0.266. The van der Waals surface area contributed by atoms with E-state index in [-0.39, 0.29) is 5.57 Å². The monoisotopic (exact) mass is 253 g/mol. The Hall–Kier alpha value is -2.30. The maximum absolute atomic E-state index is 8.88. The van der Waals surface area contributed by atoms with Crippen molar-refractivity contribution in [3.63, 3.8) is 0 Å². The maximum Gasteiger partial charge on any atom is 0.130 e. The highest BCUT2D eigenvalue weighted by atomic mass is 16.5. The average Bonchev–Trinajstić information content (AvgIpc) is 2.89. The minimum Gasteiger partial charge on any atom is -0.496 e. The summed E-state index contributed by atoms with van der Waals surface area (Å²) in [5.41, 5.74) is 2.34. The van der Waals surface area contributed by atoms with Gasteiger partial charge >= 0.3 is 0 Å². The number of methoxy groups -OCH3 is 1. The first-order chi connectivity index (χ1) is 9.28. The second-order valence-corrected chi connectivity index (χ2v) is 4.47. The molecule has 4 nitrogen and oxygen atoms in total. The van der Waals surface area contributed by atoms with Crippen molar-refractivity contribution >= 4 is 0 Å². The number of likely N-dealkylation sites (tertiary alicyclic amines) is 1. The highest BCUT2D eigenvalue weighted by Gasteiger charge is 2.20. The average molecular weight is 253 g/mol. The van der Waals surface area contributed by atoms with Crippen molar-refractivity contribution < 1.29 is 4.74 Å². The molecule has 1 aliphatic heterocycles. The molecule has 2 rings (SSSR count). The first kappa shape index (κ1) is 13.1. The topological polar surface area (TPSA) is 60.0 Å². The Morgan fingerprint density at radius 2 is 2.05 bits per heavy atom. The Bertz CT molecular complexity index is 562. The molecule has 1 saturated heterocycles. The van der Waals surface area contributed by atoms with E-state index in [0.717, 1.165) is 36.4 Å². The van der Waals surface area contributed by atoms with Crippen LogP contribution in [0.5, 0.6) is 5.75 Å². The van der Waals surface area contributed by atoms with Crippen LogP contribution in [0.4, 0.5) is 0 Å². The third kappa shape index (κ3) is 2.93. The van der Waals surface area contributed by atoms with E-state index in [4.69, 9.17) is 15.3 Å². The molecule has 0 radical (unpaired) electrons. The molecule has 0 aliphatic carbocycles. The molecule has 96 valence electrons. The lowest BCUT2D eigenvalue weighted by Gasteiger charge is -2.16. The van der Waals surface area contributed by atoms with E-state index in [0.29, 0.717) is 6.54 Å². The molecule has 1 aromatic carbocycles. The Labute approximate surface area is 113 Å². The summed E-state index contributed by atoms with van der Waals surface area (Å²) in [7, 11) is 1.66. The summed E-state index contributed by atoms with van der Waals surface area (Å²) in [6.07, 6.45) is 0.797. The Balaban J connectivity index is 2.10. The molecule has 0 N–H and O–H groups in total. The third-order valence-corrected chi connectivity index (χ3v) is 3.31. The summed E-state index contributed by atoms with van der Waals surface area (Å²) in [6.45, 7) is 2.34. The predicted molar refractivity (Wildman–Crippen MR) is 71.1 cm³/mol. The normalized spacial score (nSPS) is 14.8. The van der Waals surface area contributed by atoms with Crippen molar-refractivity contribution in [3.8, 4) is 17.9 Å². The van der Waals surface area contributed by atoms with E-state index in [1.54, 1.807) is 7.11 Å². The van der Waals surface area contributed by atoms with Crippen molar-refractivity contribution in [1.29, 1.82) is 10.5 Å². The predicted octanol–water partition coefficient (Wildman–Crippen LogP) is 2.24. The van der Waals surface area contributed by atoms with E-state index in [1.165, 1.54) is 0 Å². The number of nitrogens with zero attached hydrogens (tertiary/aromatic N) is 3. The zero-order valence-corrected chi connectivity index (χ0v) is 10.9. The molecule has 19 heavy (non-hydrogen) atoms. The largest absolute Gasteiger partial charge is 0.496 e. The van der Waals surface area contributed by atoms with Crippen LogP contribution in [-0.2, 0) is 6.54 Å². The molecule has 0 spiro atoms. The molecule has 1 aromatic rings. The van der Waals surface area contributed by atoms with Crippen LogP contribution >= 0.6 is 0 Å². The smallest absolute Gasteiger partial charge is 0.130 e. The van der Waals surface area contributed by atoms with Crippen LogP contribution in [0.2, 0.25) is 0 Å². The number of hydrogen-bond acceptors (Lipinski definition) is 4. The van der Waals surface area contributed by atoms with Gasteiger partial charge in [-0.05, 0) is 18.1 Å². The molecule has 0 atom stereocenters. The molecular weight excluding hydrogens is 238 g/mol. The number of nitriles is 2. The van der Waals surface area contributed by atoms with E-state index >= 15 is 0 Å². The van der Waals surface area contributed by atoms with E-state index < -0.39 is 0 Å². The van der Waals surface area contributed by atoms with Crippen molar-refractivity contribution in [2.24, 2.45) is 0 Å². The molecule has 4 heteroatoms. The van der Waals surface area contributed by atoms with Gasteiger partial charge in [-0.15, -0.1) is 0 Å². The van der Waals surface area contributed by atoms with Crippen LogP contribution in [0.3, 0.4) is 0 Å². The summed E-state index contributed by atoms with van der Waals surface area (Å²) in [4.78, 5) is 2.22. The Morgan fingerprint density at radius 1 is 1.32 bits per heavy atom. The van der Waals surface area contributed by atoms with Gasteiger partial charge in [-0.2, -0.15) is 10.5 Å². The number of hydrogen-bond donors (Lipinski definition) is 0. The van der Waals surface area contributed by atoms with Crippen LogP contribution in [0.1, 0.15) is 12.0 Å². The van der Waals surface area contributed by atoms with Gasteiger partial charge in [0, 0.05) is 25.2 Å². The highest BCUT2D eigenvalue weighted by molar-refractivity contribution is 5.42. The van der Waals surface area contributed by atoms with Gasteiger partial charge in [-0.3, -0.25) is 4.90 Å². The fourth-order valence-electron chi connectivity index (χ4n) is 2.32. The van der Waals surface area contributed by atoms with Crippen LogP contribution in [0.25, 0.3) is 0 Å². The van der Waals surface area contributed by atoms with Gasteiger partial charge in [0.05, 0.1) is 7.11 Å². The lowest BCUT2D eigenvalue weighted by Crippen LogP contribution is -2.19. The third-order valence-electron chi connectivity index (χ3n) is 3.31. The summed E-state index contributed by atoms with van der Waals surface area (Å²) >= 11 is 0. The highest BCUT2D eigenvalue weighted by Crippen LogP contribution is 2.24. The second kappa shape index (κ2) is 6.04. The van der Waals surface area contributed by atoms with Crippen LogP contribution in [-0.4, -0.2) is 25.1 Å². The van der Waals surface area contributed by atoms with E-state index in [9.17, 15) is 0 Å². The summed E-state index contributed by atoms with van der Waals surface area (Å²) in [6, 6.07) is 11.8. The van der Waals surface area contributed by atoms with Gasteiger partial charge in [-0.1, -0.05) is 18.2 Å². The minimum atomic E-state index is 0.266. The number of rotatable bonds is 3. The molecule has 0 unspecified atom stereocenters. The van der Waals surface area contributed by atoms with Crippen molar-refractivity contribution in [1.82, 2.24) is 4.90 Å². The SMILES string of the molecule is COc1ccccc1CN1CCC(=C(C#N)C#N)C1. The van der Waals surface area contributed by atoms with Crippen LogP contribution in [0.15, 0.2) is 35.4 Å². The van der Waals surface area contributed by atoms with Gasteiger partial charge < -0.3 is 4.74 Å². The molecule has 0 saturated carbocycles. The summed E-state index contributed by atoms with van der Waals surface area (Å²) < 4.78 is 5.33. The van der Waals surface area contributed by atoms with Gasteiger partial charge in [0.15, 0.2) is 0 Å². The van der Waals surface area contributed by atoms with Crippen LogP contribution in [0, 0.1) is 22.7 Å². The first-order valence-corrected chi connectivity index (χ1v) is 6.15. The van der Waals surface area contributed by atoms with Crippen molar-refractivity contribution in [2.75, 3.05) is 20.2 Å². The van der Waals surface area contributed by atoms with Crippen molar-refractivity contribution in [2.45, 2.75) is 13.0 Å². The van der Waals surface area contributed by atoms with Gasteiger partial charge in [-0.25, -0.2) is 0 Å². The first-order valence-electron chi connectivity index (χ1n) is 6.15. The molecule has 0 amide bonds. The second-order valence-electron chi connectivity index (χ2n) is 4.47. The fraction of sp³-hybridized carbons (Fsp3) is 0.333. The lowest BCUT2D eigenvalue weighted by molar-refractivity contribution is 0.326. The van der Waals surface area contributed by atoms with Crippen LogP contribution < -0.4 is 4.74 Å². The zero-order chi connectivity index (χ0) is 13.7.